The Balaban J connectivity index is 2.09. The van der Waals surface area contributed by atoms with Gasteiger partial charge < -0.3 is 9.80 Å². The number of anilines is 2. The molecule has 23 heavy (non-hydrogen) atoms. The van der Waals surface area contributed by atoms with Crippen LogP contribution in [0.3, 0.4) is 0 Å². The maximum atomic E-state index is 12.5. The minimum absolute atomic E-state index is 0.221. The van der Waals surface area contributed by atoms with Crippen molar-refractivity contribution in [3.8, 4) is 0 Å². The van der Waals surface area contributed by atoms with Gasteiger partial charge in [-0.2, -0.15) is 5.06 Å². The number of hydroxylamine groups is 1. The molecule has 1 aromatic carbocycles. The summed E-state index contributed by atoms with van der Waals surface area (Å²) in [5.41, 5.74) is 0.699. The average Bonchev–Trinajstić information content (AvgIpc) is 2.50. The van der Waals surface area contributed by atoms with E-state index < -0.39 is 0 Å². The smallest absolute Gasteiger partial charge is 0.305 e. The standard InChI is InChI=1S/C16H24N4O3/c1-13(21)17-14-6-4-5-7-15(14)19(23)16(22)12-20(3)10-8-18(2)9-11-20/h4-7,23H,8-12H2,1-3H3/p+1. The van der Waals surface area contributed by atoms with Crippen molar-refractivity contribution in [1.29, 1.82) is 0 Å². The van der Waals surface area contributed by atoms with Crippen LogP contribution < -0.4 is 10.4 Å². The van der Waals surface area contributed by atoms with Crippen molar-refractivity contribution in [2.45, 2.75) is 6.92 Å². The number of para-hydroxylation sites is 2. The molecule has 1 saturated heterocycles. The molecule has 0 bridgehead atoms. The van der Waals surface area contributed by atoms with Crippen molar-refractivity contribution in [2.24, 2.45) is 0 Å². The number of quaternary nitrogens is 1. The van der Waals surface area contributed by atoms with Gasteiger partial charge in [0.05, 0.1) is 31.5 Å². The number of piperazine rings is 1. The number of carbonyl (C=O) groups excluding carboxylic acids is 2. The molecule has 1 aliphatic rings. The topological polar surface area (TPSA) is 72.9 Å². The lowest BCUT2D eigenvalue weighted by atomic mass is 10.2. The summed E-state index contributed by atoms with van der Waals surface area (Å²) in [6, 6.07) is 6.71. The quantitative estimate of drug-likeness (QED) is 0.488. The Morgan fingerprint density at radius 1 is 1.30 bits per heavy atom. The van der Waals surface area contributed by atoms with E-state index in [-0.39, 0.29) is 24.0 Å². The van der Waals surface area contributed by atoms with Gasteiger partial charge in [0.2, 0.25) is 5.91 Å². The predicted molar refractivity (Wildman–Crippen MR) is 88.3 cm³/mol. The Bertz CT molecular complexity index is 582. The highest BCUT2D eigenvalue weighted by atomic mass is 16.5. The second-order valence-electron chi connectivity index (χ2n) is 6.43. The van der Waals surface area contributed by atoms with Crippen LogP contribution in [0.25, 0.3) is 0 Å². The van der Waals surface area contributed by atoms with Gasteiger partial charge in [-0.05, 0) is 19.2 Å². The molecule has 2 N–H and O–H groups in total. The molecule has 2 amide bonds. The molecule has 1 fully saturated rings. The molecule has 0 saturated carbocycles. The lowest BCUT2D eigenvalue weighted by Crippen LogP contribution is -2.59. The van der Waals surface area contributed by atoms with Gasteiger partial charge >= 0.3 is 5.91 Å². The van der Waals surface area contributed by atoms with Gasteiger partial charge in [-0.15, -0.1) is 0 Å². The predicted octanol–water partition coefficient (Wildman–Crippen LogP) is 0.759. The van der Waals surface area contributed by atoms with Crippen LogP contribution in [0.4, 0.5) is 11.4 Å². The number of amides is 2. The molecule has 1 heterocycles. The van der Waals surface area contributed by atoms with Gasteiger partial charge in [0.1, 0.15) is 0 Å². The van der Waals surface area contributed by atoms with Crippen LogP contribution in [0, 0.1) is 0 Å². The molecule has 0 atom stereocenters. The number of rotatable bonds is 4. The first-order valence-corrected chi connectivity index (χ1v) is 7.71. The van der Waals surface area contributed by atoms with Crippen LogP contribution >= 0.6 is 0 Å². The van der Waals surface area contributed by atoms with E-state index in [1.807, 2.05) is 7.05 Å². The first-order chi connectivity index (χ1) is 10.8. The lowest BCUT2D eigenvalue weighted by molar-refractivity contribution is -0.906. The first-order valence-electron chi connectivity index (χ1n) is 7.71. The molecular formula is C16H25N4O3+. The summed E-state index contributed by atoms with van der Waals surface area (Å²) >= 11 is 0. The molecule has 1 aliphatic heterocycles. The van der Waals surface area contributed by atoms with E-state index in [0.717, 1.165) is 26.2 Å². The summed E-state index contributed by atoms with van der Waals surface area (Å²) in [4.78, 5) is 26.0. The molecule has 0 spiro atoms. The fraction of sp³-hybridized carbons (Fsp3) is 0.500. The zero-order chi connectivity index (χ0) is 17.0. The van der Waals surface area contributed by atoms with E-state index in [2.05, 4.69) is 17.3 Å². The number of benzene rings is 1. The number of likely N-dealkylation sites (N-methyl/N-ethyl adjacent to an activating group) is 2. The maximum absolute atomic E-state index is 12.5. The van der Waals surface area contributed by atoms with Gasteiger partial charge in [0.25, 0.3) is 0 Å². The zero-order valence-corrected chi connectivity index (χ0v) is 14.0. The Hall–Kier alpha value is -1.96. The normalized spacial score (nSPS) is 17.6. The van der Waals surface area contributed by atoms with Crippen molar-refractivity contribution in [3.05, 3.63) is 24.3 Å². The molecule has 2 rings (SSSR count). The van der Waals surface area contributed by atoms with Gasteiger partial charge in [0, 0.05) is 20.0 Å². The average molecular weight is 321 g/mol. The minimum atomic E-state index is -0.380. The van der Waals surface area contributed by atoms with E-state index in [1.165, 1.54) is 6.92 Å². The van der Waals surface area contributed by atoms with Crippen LogP contribution in [-0.4, -0.2) is 73.2 Å². The number of hydrogen-bond acceptors (Lipinski definition) is 4. The van der Waals surface area contributed by atoms with Crippen LogP contribution in [0.5, 0.6) is 0 Å². The molecule has 0 radical (unpaired) electrons. The summed E-state index contributed by atoms with van der Waals surface area (Å²) in [5, 5.41) is 13.6. The monoisotopic (exact) mass is 321 g/mol. The van der Waals surface area contributed by atoms with Crippen LogP contribution in [0.15, 0.2) is 24.3 Å². The van der Waals surface area contributed by atoms with Crippen molar-refractivity contribution in [1.82, 2.24) is 4.90 Å². The van der Waals surface area contributed by atoms with E-state index >= 15 is 0 Å². The van der Waals surface area contributed by atoms with E-state index in [1.54, 1.807) is 24.3 Å². The Labute approximate surface area is 136 Å². The van der Waals surface area contributed by atoms with E-state index in [9.17, 15) is 14.8 Å². The summed E-state index contributed by atoms with van der Waals surface area (Å²) in [6.07, 6.45) is 0. The fourth-order valence-electron chi connectivity index (χ4n) is 2.69. The summed E-state index contributed by atoms with van der Waals surface area (Å²) in [6.45, 7) is 5.19. The Morgan fingerprint density at radius 2 is 1.91 bits per heavy atom. The van der Waals surface area contributed by atoms with Crippen molar-refractivity contribution >= 4 is 23.2 Å². The molecule has 7 nitrogen and oxygen atoms in total. The van der Waals surface area contributed by atoms with Gasteiger partial charge in [-0.1, -0.05) is 12.1 Å². The molecule has 126 valence electrons. The fourth-order valence-corrected chi connectivity index (χ4v) is 2.69. The minimum Gasteiger partial charge on any atom is -0.324 e. The highest BCUT2D eigenvalue weighted by molar-refractivity contribution is 5.99. The number of nitrogens with one attached hydrogen (secondary N) is 1. The first kappa shape index (κ1) is 17.4. The van der Waals surface area contributed by atoms with Crippen molar-refractivity contribution < 1.29 is 19.3 Å². The molecule has 7 heteroatoms. The molecule has 0 unspecified atom stereocenters. The van der Waals surface area contributed by atoms with Crippen LogP contribution in [-0.2, 0) is 9.59 Å². The molecular weight excluding hydrogens is 296 g/mol. The third-order valence-electron chi connectivity index (χ3n) is 4.24. The number of nitrogens with zero attached hydrogens (tertiary/aromatic N) is 3. The second kappa shape index (κ2) is 7.08. The number of hydrogen-bond donors (Lipinski definition) is 2. The highest BCUT2D eigenvalue weighted by Crippen LogP contribution is 2.25. The molecule has 0 aliphatic carbocycles. The summed E-state index contributed by atoms with van der Waals surface area (Å²) in [5.74, 6) is -0.633. The molecule has 1 aromatic rings. The van der Waals surface area contributed by atoms with Gasteiger partial charge in [-0.3, -0.25) is 19.7 Å². The van der Waals surface area contributed by atoms with Crippen molar-refractivity contribution in [3.63, 3.8) is 0 Å². The maximum Gasteiger partial charge on any atom is 0.305 e. The largest absolute Gasteiger partial charge is 0.324 e. The molecule has 0 aromatic heterocycles. The Morgan fingerprint density at radius 3 is 2.52 bits per heavy atom. The summed E-state index contributed by atoms with van der Waals surface area (Å²) < 4.78 is 0.600. The third-order valence-corrected chi connectivity index (χ3v) is 4.24. The van der Waals surface area contributed by atoms with Gasteiger partial charge in [-0.25, -0.2) is 0 Å². The SMILES string of the molecule is CC(=O)Nc1ccccc1N(O)C(=O)C[N+]1(C)CCN(C)CC1. The highest BCUT2D eigenvalue weighted by Gasteiger charge is 2.32. The van der Waals surface area contributed by atoms with E-state index in [0.29, 0.717) is 15.2 Å². The van der Waals surface area contributed by atoms with Gasteiger partial charge in [0.15, 0.2) is 6.54 Å². The summed E-state index contributed by atoms with van der Waals surface area (Å²) in [7, 11) is 4.09. The van der Waals surface area contributed by atoms with Crippen LogP contribution in [0.1, 0.15) is 6.92 Å². The second-order valence-corrected chi connectivity index (χ2v) is 6.43. The van der Waals surface area contributed by atoms with Crippen LogP contribution in [0.2, 0.25) is 0 Å². The Kier molecular flexibility index (Phi) is 5.35. The van der Waals surface area contributed by atoms with Crippen molar-refractivity contribution in [2.75, 3.05) is 57.2 Å². The third kappa shape index (κ3) is 4.51. The van der Waals surface area contributed by atoms with E-state index in [4.69, 9.17) is 0 Å². The number of carbonyl (C=O) groups is 2. The zero-order valence-electron chi connectivity index (χ0n) is 14.0. The lowest BCUT2D eigenvalue weighted by Gasteiger charge is -2.40.